The molecule has 1 atom stereocenters. The summed E-state index contributed by atoms with van der Waals surface area (Å²) < 4.78 is 27.2. The number of halogens is 3. The highest BCUT2D eigenvalue weighted by molar-refractivity contribution is 6.31. The van der Waals surface area contributed by atoms with Gasteiger partial charge in [-0.05, 0) is 40.6 Å². The molecule has 1 N–H and O–H groups in total. The highest BCUT2D eigenvalue weighted by Crippen LogP contribution is 2.32. The Hall–Kier alpha value is -3.57. The zero-order valence-electron chi connectivity index (χ0n) is 16.7. The summed E-state index contributed by atoms with van der Waals surface area (Å²) in [5, 5.41) is 14.0. The standard InChI is InChI=1S/C23H17ClF2N4O2/c24-17-4-3-14-7-16(2-1-15(14)8-17)20-11-28-6-5-19(20)22(32)29-12-21(31)30-13-23(25,26)9-18(30)10-27/h1-8,11,18H,9,12-13H2,(H,29,32)/t18-/m0/s1. The normalized spacial score (nSPS) is 17.2. The van der Waals surface area contributed by atoms with Gasteiger partial charge in [-0.1, -0.05) is 29.8 Å². The van der Waals surface area contributed by atoms with Crippen molar-refractivity contribution in [1.29, 1.82) is 5.26 Å². The third kappa shape index (κ3) is 4.39. The molecule has 0 spiro atoms. The van der Waals surface area contributed by atoms with E-state index in [1.165, 1.54) is 12.3 Å². The molecule has 0 bridgehead atoms. The Balaban J connectivity index is 1.53. The van der Waals surface area contributed by atoms with Gasteiger partial charge in [0.2, 0.25) is 5.91 Å². The van der Waals surface area contributed by atoms with E-state index in [2.05, 4.69) is 10.3 Å². The Kier molecular flexibility index (Phi) is 5.76. The maximum absolute atomic E-state index is 13.6. The highest BCUT2D eigenvalue weighted by Gasteiger charge is 2.47. The molecule has 0 radical (unpaired) electrons. The monoisotopic (exact) mass is 454 g/mol. The van der Waals surface area contributed by atoms with Crippen molar-refractivity contribution in [2.45, 2.75) is 18.4 Å². The summed E-state index contributed by atoms with van der Waals surface area (Å²) >= 11 is 6.03. The lowest BCUT2D eigenvalue weighted by atomic mass is 9.98. The molecule has 162 valence electrons. The van der Waals surface area contributed by atoms with Crippen molar-refractivity contribution in [3.63, 3.8) is 0 Å². The van der Waals surface area contributed by atoms with Gasteiger partial charge in [0.25, 0.3) is 11.8 Å². The van der Waals surface area contributed by atoms with Crippen LogP contribution in [-0.4, -0.2) is 46.8 Å². The number of nitrogens with zero attached hydrogens (tertiary/aromatic N) is 3. The molecule has 1 aliphatic heterocycles. The summed E-state index contributed by atoms with van der Waals surface area (Å²) in [6, 6.07) is 13.1. The number of carbonyl (C=O) groups is 2. The minimum absolute atomic E-state index is 0.282. The predicted octanol–water partition coefficient (Wildman–Crippen LogP) is 4.04. The Morgan fingerprint density at radius 2 is 1.97 bits per heavy atom. The first-order valence-corrected chi connectivity index (χ1v) is 10.1. The first-order valence-electron chi connectivity index (χ1n) is 9.76. The third-order valence-electron chi connectivity index (χ3n) is 5.32. The number of hydrogen-bond donors (Lipinski definition) is 1. The van der Waals surface area contributed by atoms with E-state index in [1.807, 2.05) is 30.3 Å². The van der Waals surface area contributed by atoms with E-state index >= 15 is 0 Å². The molecule has 3 aromatic rings. The molecule has 0 unspecified atom stereocenters. The lowest BCUT2D eigenvalue weighted by molar-refractivity contribution is -0.131. The molecule has 1 fully saturated rings. The summed E-state index contributed by atoms with van der Waals surface area (Å²) in [5.41, 5.74) is 1.58. The number of fused-ring (bicyclic) bond motifs is 1. The molecular formula is C23H17ClF2N4O2. The van der Waals surface area contributed by atoms with Crippen LogP contribution in [0.3, 0.4) is 0 Å². The Morgan fingerprint density at radius 1 is 1.22 bits per heavy atom. The van der Waals surface area contributed by atoms with Crippen molar-refractivity contribution in [3.05, 3.63) is 65.4 Å². The van der Waals surface area contributed by atoms with E-state index in [9.17, 15) is 18.4 Å². The molecule has 32 heavy (non-hydrogen) atoms. The maximum Gasteiger partial charge on any atom is 0.268 e. The number of rotatable bonds is 4. The number of nitrogens with one attached hydrogen (secondary N) is 1. The van der Waals surface area contributed by atoms with Crippen molar-refractivity contribution >= 4 is 34.2 Å². The zero-order chi connectivity index (χ0) is 22.9. The molecule has 2 heterocycles. The van der Waals surface area contributed by atoms with Crippen LogP contribution in [0.25, 0.3) is 21.9 Å². The Morgan fingerprint density at radius 3 is 2.75 bits per heavy atom. The number of carbonyl (C=O) groups excluding carboxylic acids is 2. The number of likely N-dealkylation sites (tertiary alicyclic amines) is 1. The fourth-order valence-corrected chi connectivity index (χ4v) is 3.93. The Labute approximate surface area is 187 Å². The van der Waals surface area contributed by atoms with Gasteiger partial charge in [-0.2, -0.15) is 5.26 Å². The fraction of sp³-hybridized carbons (Fsp3) is 0.217. The number of nitriles is 1. The summed E-state index contributed by atoms with van der Waals surface area (Å²) in [7, 11) is 0. The van der Waals surface area contributed by atoms with E-state index in [4.69, 9.17) is 16.9 Å². The summed E-state index contributed by atoms with van der Waals surface area (Å²) in [4.78, 5) is 30.1. The number of aromatic nitrogens is 1. The average molecular weight is 455 g/mol. The van der Waals surface area contributed by atoms with Gasteiger partial charge in [0.15, 0.2) is 0 Å². The van der Waals surface area contributed by atoms with Crippen LogP contribution >= 0.6 is 11.6 Å². The summed E-state index contributed by atoms with van der Waals surface area (Å²) in [6.45, 7) is -1.33. The smallest absolute Gasteiger partial charge is 0.268 e. The van der Waals surface area contributed by atoms with Crippen LogP contribution in [0.1, 0.15) is 16.8 Å². The highest BCUT2D eigenvalue weighted by atomic mass is 35.5. The van der Waals surface area contributed by atoms with Gasteiger partial charge < -0.3 is 10.2 Å². The molecule has 9 heteroatoms. The van der Waals surface area contributed by atoms with Gasteiger partial charge in [-0.15, -0.1) is 0 Å². The van der Waals surface area contributed by atoms with Crippen LogP contribution in [-0.2, 0) is 4.79 Å². The Bertz CT molecular complexity index is 1260. The average Bonchev–Trinajstić information content (AvgIpc) is 3.11. The fourth-order valence-electron chi connectivity index (χ4n) is 3.75. The predicted molar refractivity (Wildman–Crippen MR) is 115 cm³/mol. The van der Waals surface area contributed by atoms with Crippen molar-refractivity contribution < 1.29 is 18.4 Å². The van der Waals surface area contributed by atoms with Gasteiger partial charge in [0, 0.05) is 29.4 Å². The van der Waals surface area contributed by atoms with Gasteiger partial charge in [0.1, 0.15) is 6.04 Å². The summed E-state index contributed by atoms with van der Waals surface area (Å²) in [6.07, 6.45) is 2.29. The summed E-state index contributed by atoms with van der Waals surface area (Å²) in [5.74, 6) is -4.40. The second-order valence-electron chi connectivity index (χ2n) is 7.54. The van der Waals surface area contributed by atoms with Gasteiger partial charge in [-0.25, -0.2) is 8.78 Å². The number of alkyl halides is 2. The molecular weight excluding hydrogens is 438 g/mol. The molecule has 2 aromatic carbocycles. The lowest BCUT2D eigenvalue weighted by Gasteiger charge is -2.19. The van der Waals surface area contributed by atoms with E-state index in [0.29, 0.717) is 10.6 Å². The van der Waals surface area contributed by atoms with Crippen LogP contribution in [0, 0.1) is 11.3 Å². The quantitative estimate of drug-likeness (QED) is 0.644. The van der Waals surface area contributed by atoms with Crippen LogP contribution in [0.2, 0.25) is 5.02 Å². The number of amides is 2. The van der Waals surface area contributed by atoms with Crippen LogP contribution < -0.4 is 5.32 Å². The van der Waals surface area contributed by atoms with Crippen LogP contribution in [0.4, 0.5) is 8.78 Å². The number of pyridine rings is 1. The molecule has 1 saturated heterocycles. The van der Waals surface area contributed by atoms with Crippen molar-refractivity contribution in [1.82, 2.24) is 15.2 Å². The largest absolute Gasteiger partial charge is 0.343 e. The first kappa shape index (κ1) is 21.7. The van der Waals surface area contributed by atoms with E-state index < -0.39 is 43.3 Å². The molecule has 4 rings (SSSR count). The molecule has 0 aliphatic carbocycles. The lowest BCUT2D eigenvalue weighted by Crippen LogP contribution is -2.43. The van der Waals surface area contributed by atoms with Crippen molar-refractivity contribution in [3.8, 4) is 17.2 Å². The second kappa shape index (κ2) is 8.52. The van der Waals surface area contributed by atoms with Crippen LogP contribution in [0.5, 0.6) is 0 Å². The molecule has 1 aromatic heterocycles. The molecule has 6 nitrogen and oxygen atoms in total. The van der Waals surface area contributed by atoms with E-state index in [0.717, 1.165) is 21.2 Å². The minimum Gasteiger partial charge on any atom is -0.343 e. The van der Waals surface area contributed by atoms with Gasteiger partial charge in [-0.3, -0.25) is 14.6 Å². The molecule has 2 amide bonds. The first-order chi connectivity index (χ1) is 15.3. The van der Waals surface area contributed by atoms with Gasteiger partial charge >= 0.3 is 0 Å². The third-order valence-corrected chi connectivity index (χ3v) is 5.55. The molecule has 0 saturated carbocycles. The molecule has 1 aliphatic rings. The van der Waals surface area contributed by atoms with E-state index in [1.54, 1.807) is 18.3 Å². The number of hydrogen-bond acceptors (Lipinski definition) is 4. The van der Waals surface area contributed by atoms with Crippen molar-refractivity contribution in [2.75, 3.05) is 13.1 Å². The number of benzene rings is 2. The van der Waals surface area contributed by atoms with Crippen molar-refractivity contribution in [2.24, 2.45) is 0 Å². The van der Waals surface area contributed by atoms with Gasteiger partial charge in [0.05, 0.1) is 24.7 Å². The second-order valence-corrected chi connectivity index (χ2v) is 7.97. The minimum atomic E-state index is -3.11. The maximum atomic E-state index is 13.6. The topological polar surface area (TPSA) is 86.1 Å². The zero-order valence-corrected chi connectivity index (χ0v) is 17.4. The van der Waals surface area contributed by atoms with Crippen LogP contribution in [0.15, 0.2) is 54.9 Å². The SMILES string of the molecule is N#C[C@@H]1CC(F)(F)CN1C(=O)CNC(=O)c1ccncc1-c1ccc2cc(Cl)ccc2c1. The van der Waals surface area contributed by atoms with E-state index in [-0.39, 0.29) is 5.56 Å².